The third kappa shape index (κ3) is 3.24. The molecule has 0 bridgehead atoms. The lowest BCUT2D eigenvalue weighted by Crippen LogP contribution is -2.34. The first-order valence-corrected chi connectivity index (χ1v) is 8.67. The van der Waals surface area contributed by atoms with Gasteiger partial charge in [0.2, 0.25) is 5.91 Å². The topological polar surface area (TPSA) is 89.3 Å². The predicted molar refractivity (Wildman–Crippen MR) is 79.9 cm³/mol. The smallest absolute Gasteiger partial charge is 0.250 e. The van der Waals surface area contributed by atoms with Gasteiger partial charge < -0.3 is 11.1 Å². The van der Waals surface area contributed by atoms with Crippen LogP contribution in [0.3, 0.4) is 0 Å². The van der Waals surface area contributed by atoms with Gasteiger partial charge in [-0.1, -0.05) is 11.6 Å². The first-order chi connectivity index (χ1) is 9.29. The minimum atomic E-state index is -3.07. The van der Waals surface area contributed by atoms with Crippen LogP contribution in [-0.4, -0.2) is 31.9 Å². The van der Waals surface area contributed by atoms with Crippen LogP contribution < -0.4 is 11.1 Å². The number of carbonyl (C=O) groups excluding carboxylic acids is 1. The normalized spacial score (nSPS) is 22.7. The van der Waals surface area contributed by atoms with E-state index in [1.165, 1.54) is 12.3 Å². The van der Waals surface area contributed by atoms with Crippen molar-refractivity contribution in [3.8, 4) is 0 Å². The Morgan fingerprint density at radius 1 is 1.40 bits per heavy atom. The van der Waals surface area contributed by atoms with E-state index in [1.807, 2.05) is 0 Å². The van der Waals surface area contributed by atoms with Crippen molar-refractivity contribution in [2.45, 2.75) is 30.6 Å². The van der Waals surface area contributed by atoms with Crippen molar-refractivity contribution >= 4 is 33.0 Å². The van der Waals surface area contributed by atoms with Gasteiger partial charge in [0.05, 0.1) is 15.8 Å². The number of primary amides is 1. The van der Waals surface area contributed by atoms with Crippen LogP contribution in [-0.2, 0) is 9.84 Å². The summed E-state index contributed by atoms with van der Waals surface area (Å²) < 4.78 is 23.4. The third-order valence-electron chi connectivity index (χ3n) is 3.59. The molecule has 5 nitrogen and oxygen atoms in total. The summed E-state index contributed by atoms with van der Waals surface area (Å²) >= 11 is 5.98. The molecular formula is C13H17ClN2O3S. The van der Waals surface area contributed by atoms with Crippen molar-refractivity contribution in [1.29, 1.82) is 0 Å². The molecule has 110 valence electrons. The minimum absolute atomic E-state index is 0.125. The number of nitrogens with two attached hydrogens (primary N) is 1. The van der Waals surface area contributed by atoms with E-state index in [4.69, 9.17) is 17.3 Å². The maximum absolute atomic E-state index is 11.7. The van der Waals surface area contributed by atoms with E-state index in [0.29, 0.717) is 12.1 Å². The molecule has 0 heterocycles. The molecule has 20 heavy (non-hydrogen) atoms. The molecule has 0 saturated heterocycles. The van der Waals surface area contributed by atoms with Crippen molar-refractivity contribution in [3.05, 3.63) is 28.8 Å². The van der Waals surface area contributed by atoms with Gasteiger partial charge in [0.15, 0.2) is 9.84 Å². The Bertz CT molecular complexity index is 631. The molecule has 1 fully saturated rings. The highest BCUT2D eigenvalue weighted by Gasteiger charge is 2.34. The number of hydrogen-bond donors (Lipinski definition) is 2. The molecule has 0 aromatic heterocycles. The third-order valence-corrected chi connectivity index (χ3v) is 5.57. The first kappa shape index (κ1) is 15.1. The second-order valence-electron chi connectivity index (χ2n) is 5.11. The standard InChI is InChI=1S/C13H17ClN2O3S/c1-20(18,19)12-4-2-3-11(12)16-8-5-6-9(13(15)17)10(14)7-8/h5-7,11-12,16H,2-4H2,1H3,(H2,15,17). The highest BCUT2D eigenvalue weighted by Crippen LogP contribution is 2.29. The van der Waals surface area contributed by atoms with Crippen molar-refractivity contribution in [2.24, 2.45) is 5.73 Å². The zero-order valence-corrected chi connectivity index (χ0v) is 12.7. The number of nitrogens with one attached hydrogen (secondary N) is 1. The monoisotopic (exact) mass is 316 g/mol. The number of hydrogen-bond acceptors (Lipinski definition) is 4. The zero-order chi connectivity index (χ0) is 14.9. The largest absolute Gasteiger partial charge is 0.381 e. The number of halogens is 1. The summed E-state index contributed by atoms with van der Waals surface area (Å²) in [6, 6.07) is 4.70. The molecule has 1 saturated carbocycles. The fourth-order valence-electron chi connectivity index (χ4n) is 2.62. The Hall–Kier alpha value is -1.27. The Labute approximate surface area is 123 Å². The summed E-state index contributed by atoms with van der Waals surface area (Å²) in [6.45, 7) is 0. The highest BCUT2D eigenvalue weighted by molar-refractivity contribution is 7.91. The van der Waals surface area contributed by atoms with Crippen LogP contribution in [0.15, 0.2) is 18.2 Å². The molecule has 0 spiro atoms. The summed E-state index contributed by atoms with van der Waals surface area (Å²) in [4.78, 5) is 11.1. The van der Waals surface area contributed by atoms with Crippen LogP contribution >= 0.6 is 11.6 Å². The molecule has 1 amide bonds. The van der Waals surface area contributed by atoms with Gasteiger partial charge in [0, 0.05) is 18.0 Å². The summed E-state index contributed by atoms with van der Waals surface area (Å²) in [5, 5.41) is 3.07. The molecule has 1 aliphatic carbocycles. The molecule has 3 N–H and O–H groups in total. The average Bonchev–Trinajstić information content (AvgIpc) is 2.76. The average molecular weight is 317 g/mol. The number of anilines is 1. The molecule has 0 aliphatic heterocycles. The van der Waals surface area contributed by atoms with E-state index in [1.54, 1.807) is 12.1 Å². The molecule has 0 radical (unpaired) electrons. The molecule has 7 heteroatoms. The van der Waals surface area contributed by atoms with E-state index < -0.39 is 15.7 Å². The van der Waals surface area contributed by atoms with Gasteiger partial charge >= 0.3 is 0 Å². The van der Waals surface area contributed by atoms with Crippen LogP contribution in [0, 0.1) is 0 Å². The summed E-state index contributed by atoms with van der Waals surface area (Å²) in [5.74, 6) is -0.587. The highest BCUT2D eigenvalue weighted by atomic mass is 35.5. The summed E-state index contributed by atoms with van der Waals surface area (Å²) in [6.07, 6.45) is 3.61. The van der Waals surface area contributed by atoms with E-state index >= 15 is 0 Å². The quantitative estimate of drug-likeness (QED) is 0.886. The van der Waals surface area contributed by atoms with Gasteiger partial charge in [-0.05, 0) is 37.5 Å². The van der Waals surface area contributed by atoms with E-state index in [-0.39, 0.29) is 21.9 Å². The van der Waals surface area contributed by atoms with Gasteiger partial charge in [-0.2, -0.15) is 0 Å². The SMILES string of the molecule is CS(=O)(=O)C1CCCC1Nc1ccc(C(N)=O)c(Cl)c1. The molecule has 1 aromatic carbocycles. The molecular weight excluding hydrogens is 300 g/mol. The lowest BCUT2D eigenvalue weighted by atomic mass is 10.1. The molecule has 2 rings (SSSR count). The van der Waals surface area contributed by atoms with Crippen LogP contribution in [0.4, 0.5) is 5.69 Å². The van der Waals surface area contributed by atoms with Crippen molar-refractivity contribution in [3.63, 3.8) is 0 Å². The van der Waals surface area contributed by atoms with Gasteiger partial charge in [0.25, 0.3) is 0 Å². The van der Waals surface area contributed by atoms with E-state index in [2.05, 4.69) is 5.32 Å². The number of benzene rings is 1. The van der Waals surface area contributed by atoms with Gasteiger partial charge in [-0.3, -0.25) is 4.79 Å². The lowest BCUT2D eigenvalue weighted by Gasteiger charge is -2.21. The maximum atomic E-state index is 11.7. The van der Waals surface area contributed by atoms with Gasteiger partial charge in [0.1, 0.15) is 0 Å². The van der Waals surface area contributed by atoms with Crippen LogP contribution in [0.1, 0.15) is 29.6 Å². The second-order valence-corrected chi connectivity index (χ2v) is 7.78. The number of sulfone groups is 1. The van der Waals surface area contributed by atoms with Gasteiger partial charge in [-0.25, -0.2) is 8.42 Å². The number of carbonyl (C=O) groups is 1. The Balaban J connectivity index is 2.18. The van der Waals surface area contributed by atoms with E-state index in [0.717, 1.165) is 12.8 Å². The minimum Gasteiger partial charge on any atom is -0.381 e. The van der Waals surface area contributed by atoms with Crippen LogP contribution in [0.5, 0.6) is 0 Å². The van der Waals surface area contributed by atoms with Crippen LogP contribution in [0.25, 0.3) is 0 Å². The number of amides is 1. The maximum Gasteiger partial charge on any atom is 0.250 e. The Kier molecular flexibility index (Phi) is 4.25. The van der Waals surface area contributed by atoms with E-state index in [9.17, 15) is 13.2 Å². The Morgan fingerprint density at radius 3 is 2.65 bits per heavy atom. The second kappa shape index (κ2) is 5.61. The first-order valence-electron chi connectivity index (χ1n) is 6.34. The summed E-state index contributed by atoms with van der Waals surface area (Å²) in [5.41, 5.74) is 6.13. The predicted octanol–water partition coefficient (Wildman–Crippen LogP) is 1.82. The lowest BCUT2D eigenvalue weighted by molar-refractivity contribution is 0.100. The summed E-state index contributed by atoms with van der Waals surface area (Å²) in [7, 11) is -3.07. The Morgan fingerprint density at radius 2 is 2.10 bits per heavy atom. The fourth-order valence-corrected chi connectivity index (χ4v) is 4.29. The molecule has 2 unspecified atom stereocenters. The van der Waals surface area contributed by atoms with Crippen molar-refractivity contribution in [1.82, 2.24) is 0 Å². The van der Waals surface area contributed by atoms with Crippen molar-refractivity contribution < 1.29 is 13.2 Å². The molecule has 2 atom stereocenters. The zero-order valence-electron chi connectivity index (χ0n) is 11.1. The fraction of sp³-hybridized carbons (Fsp3) is 0.462. The molecule has 1 aromatic rings. The van der Waals surface area contributed by atoms with Gasteiger partial charge in [-0.15, -0.1) is 0 Å². The number of rotatable bonds is 4. The van der Waals surface area contributed by atoms with Crippen LogP contribution in [0.2, 0.25) is 5.02 Å². The molecule has 1 aliphatic rings. The van der Waals surface area contributed by atoms with Crippen molar-refractivity contribution in [2.75, 3.05) is 11.6 Å².